The number of ketones is 1. The van der Waals surface area contributed by atoms with Gasteiger partial charge in [0.15, 0.2) is 5.78 Å². The number of allylic oxidation sites excluding steroid dienone is 1. The van der Waals surface area contributed by atoms with Gasteiger partial charge in [-0.05, 0) is 25.8 Å². The minimum atomic E-state index is -0.424. The molecule has 15 heavy (non-hydrogen) atoms. The van der Waals surface area contributed by atoms with E-state index in [4.69, 9.17) is 9.47 Å². The smallest absolute Gasteiger partial charge is 0.187 e. The molecular formula is C12H18O3. The van der Waals surface area contributed by atoms with Crippen molar-refractivity contribution in [3.63, 3.8) is 0 Å². The first-order valence-corrected chi connectivity index (χ1v) is 5.04. The molecule has 84 valence electrons. The summed E-state index contributed by atoms with van der Waals surface area (Å²) < 4.78 is 10.2. The highest BCUT2D eigenvalue weighted by molar-refractivity contribution is 5.99. The van der Waals surface area contributed by atoms with Gasteiger partial charge in [0.25, 0.3) is 0 Å². The van der Waals surface area contributed by atoms with Crippen LogP contribution in [-0.2, 0) is 14.3 Å². The van der Waals surface area contributed by atoms with Gasteiger partial charge in [0.1, 0.15) is 12.9 Å². The second kappa shape index (κ2) is 5.24. The summed E-state index contributed by atoms with van der Waals surface area (Å²) in [6.07, 6.45) is 2.35. The van der Waals surface area contributed by atoms with Crippen LogP contribution in [0.15, 0.2) is 23.8 Å². The van der Waals surface area contributed by atoms with Gasteiger partial charge in [-0.2, -0.15) is 0 Å². The molecule has 0 spiro atoms. The summed E-state index contributed by atoms with van der Waals surface area (Å²) in [5, 5.41) is 0. The van der Waals surface area contributed by atoms with E-state index in [1.54, 1.807) is 7.11 Å². The van der Waals surface area contributed by atoms with E-state index in [9.17, 15) is 4.79 Å². The van der Waals surface area contributed by atoms with Crippen molar-refractivity contribution in [2.45, 2.75) is 26.4 Å². The predicted molar refractivity (Wildman–Crippen MR) is 58.4 cm³/mol. The SMILES string of the molecule is C=C(C)[C@@H]1CC=C(C)C(=O)[C@@H]1OCOC. The van der Waals surface area contributed by atoms with Crippen molar-refractivity contribution in [1.82, 2.24) is 0 Å². The number of Topliss-reactive ketones (excluding diaryl/α,β-unsaturated/α-hetero) is 1. The maximum absolute atomic E-state index is 11.9. The van der Waals surface area contributed by atoms with E-state index in [0.29, 0.717) is 0 Å². The lowest BCUT2D eigenvalue weighted by molar-refractivity contribution is -0.141. The molecule has 0 aliphatic heterocycles. The number of ether oxygens (including phenoxy) is 2. The highest BCUT2D eigenvalue weighted by atomic mass is 16.7. The summed E-state index contributed by atoms with van der Waals surface area (Å²) in [6, 6.07) is 0. The monoisotopic (exact) mass is 210 g/mol. The molecule has 0 saturated carbocycles. The molecule has 0 amide bonds. The van der Waals surface area contributed by atoms with Gasteiger partial charge in [-0.1, -0.05) is 18.2 Å². The molecule has 3 nitrogen and oxygen atoms in total. The Morgan fingerprint density at radius 3 is 2.87 bits per heavy atom. The van der Waals surface area contributed by atoms with E-state index in [0.717, 1.165) is 17.6 Å². The summed E-state index contributed by atoms with van der Waals surface area (Å²) in [7, 11) is 1.55. The fourth-order valence-corrected chi connectivity index (χ4v) is 1.73. The lowest BCUT2D eigenvalue weighted by atomic mass is 9.82. The quantitative estimate of drug-likeness (QED) is 0.526. The van der Waals surface area contributed by atoms with Crippen LogP contribution in [0.1, 0.15) is 20.3 Å². The molecule has 0 unspecified atom stereocenters. The van der Waals surface area contributed by atoms with Crippen LogP contribution in [0.25, 0.3) is 0 Å². The molecule has 0 radical (unpaired) electrons. The Kier molecular flexibility index (Phi) is 4.24. The molecule has 0 aromatic carbocycles. The third kappa shape index (κ3) is 2.76. The first kappa shape index (κ1) is 12.1. The van der Waals surface area contributed by atoms with E-state index in [1.807, 2.05) is 19.9 Å². The summed E-state index contributed by atoms with van der Waals surface area (Å²) in [6.45, 7) is 7.79. The van der Waals surface area contributed by atoms with Crippen LogP contribution in [0.2, 0.25) is 0 Å². The van der Waals surface area contributed by atoms with Crippen molar-refractivity contribution in [2.75, 3.05) is 13.9 Å². The van der Waals surface area contributed by atoms with Crippen LogP contribution in [0.3, 0.4) is 0 Å². The number of carbonyl (C=O) groups is 1. The van der Waals surface area contributed by atoms with Gasteiger partial charge in [0.05, 0.1) is 0 Å². The molecule has 0 fully saturated rings. The number of hydrogen-bond donors (Lipinski definition) is 0. The lowest BCUT2D eigenvalue weighted by Crippen LogP contribution is -2.36. The predicted octanol–water partition coefficient (Wildman–Crippen LogP) is 2.09. The van der Waals surface area contributed by atoms with E-state index in [-0.39, 0.29) is 18.5 Å². The molecule has 0 aromatic rings. The Bertz CT molecular complexity index is 291. The lowest BCUT2D eigenvalue weighted by Gasteiger charge is -2.29. The fourth-order valence-electron chi connectivity index (χ4n) is 1.73. The maximum atomic E-state index is 11.9. The van der Waals surface area contributed by atoms with Crippen LogP contribution in [0, 0.1) is 5.92 Å². The normalized spacial score (nSPS) is 26.3. The first-order chi connectivity index (χ1) is 7.07. The average molecular weight is 210 g/mol. The number of methoxy groups -OCH3 is 1. The summed E-state index contributed by atoms with van der Waals surface area (Å²) >= 11 is 0. The highest BCUT2D eigenvalue weighted by Gasteiger charge is 2.33. The van der Waals surface area contributed by atoms with Gasteiger partial charge in [0, 0.05) is 13.0 Å². The molecule has 0 heterocycles. The van der Waals surface area contributed by atoms with Crippen molar-refractivity contribution in [1.29, 1.82) is 0 Å². The Hall–Kier alpha value is -0.930. The van der Waals surface area contributed by atoms with Gasteiger partial charge in [-0.3, -0.25) is 4.79 Å². The van der Waals surface area contributed by atoms with Crippen molar-refractivity contribution in [3.05, 3.63) is 23.8 Å². The summed E-state index contributed by atoms with van der Waals surface area (Å²) in [5.41, 5.74) is 1.75. The fraction of sp³-hybridized carbons (Fsp3) is 0.583. The number of rotatable bonds is 4. The highest BCUT2D eigenvalue weighted by Crippen LogP contribution is 2.28. The largest absolute Gasteiger partial charge is 0.359 e. The molecule has 0 bridgehead atoms. The molecule has 0 saturated heterocycles. The Balaban J connectivity index is 2.79. The average Bonchev–Trinajstić information content (AvgIpc) is 2.19. The van der Waals surface area contributed by atoms with E-state index >= 15 is 0 Å². The zero-order valence-electron chi connectivity index (χ0n) is 9.58. The Morgan fingerprint density at radius 2 is 2.33 bits per heavy atom. The molecule has 1 aliphatic carbocycles. The minimum absolute atomic E-state index is 0.0475. The molecule has 0 N–H and O–H groups in total. The van der Waals surface area contributed by atoms with Gasteiger partial charge < -0.3 is 9.47 Å². The van der Waals surface area contributed by atoms with Gasteiger partial charge in [-0.25, -0.2) is 0 Å². The minimum Gasteiger partial charge on any atom is -0.359 e. The van der Waals surface area contributed by atoms with Crippen LogP contribution in [-0.4, -0.2) is 25.8 Å². The van der Waals surface area contributed by atoms with Crippen molar-refractivity contribution < 1.29 is 14.3 Å². The van der Waals surface area contributed by atoms with Crippen molar-refractivity contribution >= 4 is 5.78 Å². The van der Waals surface area contributed by atoms with Crippen molar-refractivity contribution in [3.8, 4) is 0 Å². The summed E-state index contributed by atoms with van der Waals surface area (Å²) in [4.78, 5) is 11.9. The number of hydrogen-bond acceptors (Lipinski definition) is 3. The molecule has 1 rings (SSSR count). The summed E-state index contributed by atoms with van der Waals surface area (Å²) in [5.74, 6) is 0.127. The van der Waals surface area contributed by atoms with E-state index in [2.05, 4.69) is 6.58 Å². The van der Waals surface area contributed by atoms with Crippen LogP contribution < -0.4 is 0 Å². The number of carbonyl (C=O) groups excluding carboxylic acids is 1. The molecular weight excluding hydrogens is 192 g/mol. The van der Waals surface area contributed by atoms with Gasteiger partial charge in [-0.15, -0.1) is 0 Å². The van der Waals surface area contributed by atoms with Gasteiger partial charge >= 0.3 is 0 Å². The third-order valence-electron chi connectivity index (χ3n) is 2.69. The third-order valence-corrected chi connectivity index (χ3v) is 2.69. The molecule has 1 aliphatic rings. The van der Waals surface area contributed by atoms with Crippen LogP contribution >= 0.6 is 0 Å². The second-order valence-electron chi connectivity index (χ2n) is 3.93. The molecule has 3 heteroatoms. The first-order valence-electron chi connectivity index (χ1n) is 5.04. The van der Waals surface area contributed by atoms with Crippen LogP contribution in [0.4, 0.5) is 0 Å². The van der Waals surface area contributed by atoms with Gasteiger partial charge in [0.2, 0.25) is 0 Å². The molecule has 2 atom stereocenters. The molecule has 0 aromatic heterocycles. The van der Waals surface area contributed by atoms with E-state index in [1.165, 1.54) is 0 Å². The standard InChI is InChI=1S/C12H18O3/c1-8(2)10-6-5-9(3)11(13)12(10)15-7-14-4/h5,10,12H,1,6-7H2,2-4H3/t10-,12+/m0/s1. The zero-order chi connectivity index (χ0) is 11.4. The Morgan fingerprint density at radius 1 is 1.67 bits per heavy atom. The Labute approximate surface area is 90.8 Å². The maximum Gasteiger partial charge on any atom is 0.187 e. The van der Waals surface area contributed by atoms with E-state index < -0.39 is 6.10 Å². The zero-order valence-corrected chi connectivity index (χ0v) is 9.58. The second-order valence-corrected chi connectivity index (χ2v) is 3.93. The van der Waals surface area contributed by atoms with Crippen molar-refractivity contribution in [2.24, 2.45) is 5.92 Å². The van der Waals surface area contributed by atoms with Crippen LogP contribution in [0.5, 0.6) is 0 Å². The topological polar surface area (TPSA) is 35.5 Å².